The van der Waals surface area contributed by atoms with E-state index in [1.54, 1.807) is 6.08 Å². The molecule has 19 heavy (non-hydrogen) atoms. The topological polar surface area (TPSA) is 35.5 Å². The van der Waals surface area contributed by atoms with Crippen molar-refractivity contribution >= 4 is 12.0 Å². The molecule has 0 aromatic heterocycles. The second-order valence-corrected chi connectivity index (χ2v) is 5.14. The van der Waals surface area contributed by atoms with Gasteiger partial charge < -0.3 is 9.47 Å². The Bertz CT molecular complexity index is 442. The molecule has 0 unspecified atom stereocenters. The zero-order valence-corrected chi connectivity index (χ0v) is 11.5. The Morgan fingerprint density at radius 3 is 2.58 bits per heavy atom. The van der Waals surface area contributed by atoms with Crippen molar-refractivity contribution in [3.05, 3.63) is 35.9 Å². The van der Waals surface area contributed by atoms with Crippen LogP contribution in [-0.2, 0) is 9.53 Å². The summed E-state index contributed by atoms with van der Waals surface area (Å²) >= 11 is 0. The van der Waals surface area contributed by atoms with Gasteiger partial charge in [-0.1, -0.05) is 12.1 Å². The summed E-state index contributed by atoms with van der Waals surface area (Å²) < 4.78 is 10.7. The molecule has 0 aliphatic heterocycles. The molecule has 1 aliphatic carbocycles. The minimum absolute atomic E-state index is 0.166. The predicted molar refractivity (Wildman–Crippen MR) is 74.9 cm³/mol. The van der Waals surface area contributed by atoms with Gasteiger partial charge in [0.25, 0.3) is 0 Å². The van der Waals surface area contributed by atoms with Crippen LogP contribution in [0.2, 0.25) is 0 Å². The molecule has 3 heteroatoms. The first-order chi connectivity index (χ1) is 9.13. The van der Waals surface area contributed by atoms with Crippen LogP contribution in [0.25, 0.3) is 6.08 Å². The summed E-state index contributed by atoms with van der Waals surface area (Å²) in [6.07, 6.45) is 5.77. The van der Waals surface area contributed by atoms with Gasteiger partial charge in [0.1, 0.15) is 5.75 Å². The third-order valence-corrected chi connectivity index (χ3v) is 2.82. The minimum Gasteiger partial charge on any atom is -0.491 e. The zero-order valence-electron chi connectivity index (χ0n) is 11.5. The summed E-state index contributed by atoms with van der Waals surface area (Å²) in [6.45, 7) is 4.54. The maximum Gasteiger partial charge on any atom is 0.330 e. The molecule has 1 aliphatic rings. The molecule has 3 nitrogen and oxygen atoms in total. The van der Waals surface area contributed by atoms with Crippen LogP contribution in [0.3, 0.4) is 0 Å². The van der Waals surface area contributed by atoms with Crippen molar-refractivity contribution in [2.75, 3.05) is 6.61 Å². The van der Waals surface area contributed by atoms with Crippen LogP contribution >= 0.6 is 0 Å². The van der Waals surface area contributed by atoms with Gasteiger partial charge in [-0.2, -0.15) is 0 Å². The van der Waals surface area contributed by atoms with Crippen molar-refractivity contribution < 1.29 is 14.3 Å². The molecule has 1 fully saturated rings. The van der Waals surface area contributed by atoms with E-state index < -0.39 is 0 Å². The van der Waals surface area contributed by atoms with Crippen LogP contribution in [-0.4, -0.2) is 18.7 Å². The smallest absolute Gasteiger partial charge is 0.330 e. The number of esters is 1. The van der Waals surface area contributed by atoms with E-state index >= 15 is 0 Å². The molecule has 1 aromatic rings. The van der Waals surface area contributed by atoms with Crippen molar-refractivity contribution in [2.45, 2.75) is 32.8 Å². The quantitative estimate of drug-likeness (QED) is 0.580. The average molecular weight is 260 g/mol. The Hall–Kier alpha value is -1.77. The van der Waals surface area contributed by atoms with E-state index in [4.69, 9.17) is 9.47 Å². The molecule has 0 N–H and O–H groups in total. The Morgan fingerprint density at radius 1 is 1.32 bits per heavy atom. The maximum atomic E-state index is 11.4. The summed E-state index contributed by atoms with van der Waals surface area (Å²) in [7, 11) is 0. The summed E-state index contributed by atoms with van der Waals surface area (Å²) in [5.41, 5.74) is 0.958. The number of hydrogen-bond donors (Lipinski definition) is 0. The van der Waals surface area contributed by atoms with Crippen LogP contribution in [0, 0.1) is 5.92 Å². The number of ether oxygens (including phenoxy) is 2. The lowest BCUT2D eigenvalue weighted by atomic mass is 10.2. The summed E-state index contributed by atoms with van der Waals surface area (Å²) in [4.78, 5) is 11.4. The van der Waals surface area contributed by atoms with E-state index in [0.717, 1.165) is 11.3 Å². The molecule has 0 amide bonds. The Labute approximate surface area is 114 Å². The molecular weight excluding hydrogens is 240 g/mol. The lowest BCUT2D eigenvalue weighted by Gasteiger charge is -2.09. The fourth-order valence-electron chi connectivity index (χ4n) is 1.63. The molecule has 0 saturated heterocycles. The highest BCUT2D eigenvalue weighted by Crippen LogP contribution is 2.28. The molecule has 102 valence electrons. The van der Waals surface area contributed by atoms with Gasteiger partial charge in [-0.25, -0.2) is 4.79 Å². The van der Waals surface area contributed by atoms with Gasteiger partial charge in [-0.3, -0.25) is 0 Å². The molecule has 0 spiro atoms. The van der Waals surface area contributed by atoms with Crippen molar-refractivity contribution in [1.29, 1.82) is 0 Å². The standard InChI is InChI=1S/C16H20O3/c1-12(2)19-15-8-5-13(6-9-15)7-10-16(17)18-11-14-3-4-14/h5-10,12,14H,3-4,11H2,1-2H3/b10-7+. The second kappa shape index (κ2) is 6.41. The van der Waals surface area contributed by atoms with Crippen molar-refractivity contribution in [3.8, 4) is 5.75 Å². The highest BCUT2D eigenvalue weighted by Gasteiger charge is 2.22. The molecule has 0 atom stereocenters. The zero-order chi connectivity index (χ0) is 13.7. The van der Waals surface area contributed by atoms with Crippen molar-refractivity contribution in [3.63, 3.8) is 0 Å². The van der Waals surface area contributed by atoms with Crippen LogP contribution < -0.4 is 4.74 Å². The largest absolute Gasteiger partial charge is 0.491 e. The summed E-state index contributed by atoms with van der Waals surface area (Å²) in [5.74, 6) is 1.17. The molecular formula is C16H20O3. The number of rotatable bonds is 6. The number of hydrogen-bond acceptors (Lipinski definition) is 3. The van der Waals surface area contributed by atoms with Gasteiger partial charge in [-0.15, -0.1) is 0 Å². The van der Waals surface area contributed by atoms with E-state index in [-0.39, 0.29) is 12.1 Å². The van der Waals surface area contributed by atoms with Crippen LogP contribution in [0.5, 0.6) is 5.75 Å². The fourth-order valence-corrected chi connectivity index (χ4v) is 1.63. The first-order valence-electron chi connectivity index (χ1n) is 6.75. The molecule has 1 saturated carbocycles. The van der Waals surface area contributed by atoms with Crippen LogP contribution in [0.4, 0.5) is 0 Å². The number of carbonyl (C=O) groups excluding carboxylic acids is 1. The normalized spacial score (nSPS) is 14.9. The first-order valence-corrected chi connectivity index (χ1v) is 6.75. The van der Waals surface area contributed by atoms with Crippen molar-refractivity contribution in [1.82, 2.24) is 0 Å². The summed E-state index contributed by atoms with van der Waals surface area (Å²) in [6, 6.07) is 7.63. The van der Waals surface area contributed by atoms with Gasteiger partial charge in [0, 0.05) is 6.08 Å². The Kier molecular flexibility index (Phi) is 4.61. The van der Waals surface area contributed by atoms with Crippen LogP contribution in [0.1, 0.15) is 32.3 Å². The number of carbonyl (C=O) groups is 1. The lowest BCUT2D eigenvalue weighted by Crippen LogP contribution is -2.05. The Morgan fingerprint density at radius 2 is 2.00 bits per heavy atom. The third kappa shape index (κ3) is 5.16. The first kappa shape index (κ1) is 13.7. The summed E-state index contributed by atoms with van der Waals surface area (Å²) in [5, 5.41) is 0. The SMILES string of the molecule is CC(C)Oc1ccc(/C=C/C(=O)OCC2CC2)cc1. The van der Waals surface area contributed by atoms with Gasteiger partial charge in [0.2, 0.25) is 0 Å². The average Bonchev–Trinajstić information content (AvgIpc) is 3.19. The maximum absolute atomic E-state index is 11.4. The fraction of sp³-hybridized carbons (Fsp3) is 0.438. The van der Waals surface area contributed by atoms with E-state index in [2.05, 4.69) is 0 Å². The van der Waals surface area contributed by atoms with Gasteiger partial charge in [0.05, 0.1) is 12.7 Å². The van der Waals surface area contributed by atoms with Gasteiger partial charge in [-0.05, 0) is 56.4 Å². The van der Waals surface area contributed by atoms with Crippen LogP contribution in [0.15, 0.2) is 30.3 Å². The van der Waals surface area contributed by atoms with E-state index in [1.165, 1.54) is 18.9 Å². The van der Waals surface area contributed by atoms with Gasteiger partial charge >= 0.3 is 5.97 Å². The predicted octanol–water partition coefficient (Wildman–Crippen LogP) is 3.44. The molecule has 0 heterocycles. The molecule has 0 bridgehead atoms. The van der Waals surface area contributed by atoms with E-state index in [9.17, 15) is 4.79 Å². The van der Waals surface area contributed by atoms with E-state index in [0.29, 0.717) is 12.5 Å². The Balaban J connectivity index is 1.81. The second-order valence-electron chi connectivity index (χ2n) is 5.14. The molecule has 1 aromatic carbocycles. The number of benzene rings is 1. The van der Waals surface area contributed by atoms with E-state index in [1.807, 2.05) is 38.1 Å². The minimum atomic E-state index is -0.269. The monoisotopic (exact) mass is 260 g/mol. The third-order valence-electron chi connectivity index (χ3n) is 2.82. The van der Waals surface area contributed by atoms with Crippen molar-refractivity contribution in [2.24, 2.45) is 5.92 Å². The highest BCUT2D eigenvalue weighted by atomic mass is 16.5. The lowest BCUT2D eigenvalue weighted by molar-refractivity contribution is -0.138. The van der Waals surface area contributed by atoms with Gasteiger partial charge in [0.15, 0.2) is 0 Å². The highest BCUT2D eigenvalue weighted by molar-refractivity contribution is 5.87. The molecule has 2 rings (SSSR count). The molecule has 0 radical (unpaired) electrons.